The minimum atomic E-state index is -0.0580. The number of aromatic hydroxyl groups is 1. The van der Waals surface area contributed by atoms with Gasteiger partial charge in [0.25, 0.3) is 0 Å². The molecule has 0 aromatic heterocycles. The van der Waals surface area contributed by atoms with Gasteiger partial charge in [0.1, 0.15) is 5.75 Å². The Morgan fingerprint density at radius 1 is 1.08 bits per heavy atom. The van der Waals surface area contributed by atoms with Crippen LogP contribution in [-0.2, 0) is 16.0 Å². The number of benzene rings is 2. The lowest BCUT2D eigenvalue weighted by Crippen LogP contribution is -2.36. The van der Waals surface area contributed by atoms with Crippen molar-refractivity contribution in [1.29, 1.82) is 0 Å². The SMILES string of the molecule is O=C(CCc1ccccc1O)Nc1ccc(N2CCOCC2)cc1. The van der Waals surface area contributed by atoms with Crippen molar-refractivity contribution in [3.05, 3.63) is 54.1 Å². The van der Waals surface area contributed by atoms with Gasteiger partial charge in [-0.05, 0) is 42.3 Å². The van der Waals surface area contributed by atoms with Crippen LogP contribution in [0.5, 0.6) is 5.75 Å². The van der Waals surface area contributed by atoms with Crippen LogP contribution in [-0.4, -0.2) is 37.3 Å². The van der Waals surface area contributed by atoms with Gasteiger partial charge in [0.15, 0.2) is 0 Å². The van der Waals surface area contributed by atoms with Gasteiger partial charge in [-0.15, -0.1) is 0 Å². The first-order valence-electron chi connectivity index (χ1n) is 8.22. The van der Waals surface area contributed by atoms with E-state index in [9.17, 15) is 9.90 Å². The van der Waals surface area contributed by atoms with Gasteiger partial charge in [0.2, 0.25) is 5.91 Å². The molecule has 5 nitrogen and oxygen atoms in total. The smallest absolute Gasteiger partial charge is 0.224 e. The molecule has 0 bridgehead atoms. The molecule has 126 valence electrons. The number of aryl methyl sites for hydroxylation is 1. The topological polar surface area (TPSA) is 61.8 Å². The molecule has 2 aromatic carbocycles. The second-order valence-electron chi connectivity index (χ2n) is 5.82. The molecule has 5 heteroatoms. The molecule has 1 amide bonds. The fourth-order valence-corrected chi connectivity index (χ4v) is 2.77. The Morgan fingerprint density at radius 3 is 2.50 bits per heavy atom. The monoisotopic (exact) mass is 326 g/mol. The third kappa shape index (κ3) is 4.26. The number of hydrogen-bond acceptors (Lipinski definition) is 4. The second-order valence-corrected chi connectivity index (χ2v) is 5.82. The first kappa shape index (κ1) is 16.3. The van der Waals surface area contributed by atoms with E-state index < -0.39 is 0 Å². The molecule has 1 fully saturated rings. The third-order valence-electron chi connectivity index (χ3n) is 4.14. The van der Waals surface area contributed by atoms with Gasteiger partial charge in [-0.25, -0.2) is 0 Å². The van der Waals surface area contributed by atoms with Crippen molar-refractivity contribution >= 4 is 17.3 Å². The molecule has 0 unspecified atom stereocenters. The number of phenols is 1. The first-order chi connectivity index (χ1) is 11.7. The second kappa shape index (κ2) is 7.84. The summed E-state index contributed by atoms with van der Waals surface area (Å²) in [5.74, 6) is 0.178. The number of phenolic OH excluding ortho intramolecular Hbond substituents is 1. The van der Waals surface area contributed by atoms with Crippen molar-refractivity contribution in [3.8, 4) is 5.75 Å². The average molecular weight is 326 g/mol. The lowest BCUT2D eigenvalue weighted by molar-refractivity contribution is -0.116. The Balaban J connectivity index is 1.52. The predicted octanol–water partition coefficient (Wildman–Crippen LogP) is 2.80. The summed E-state index contributed by atoms with van der Waals surface area (Å²) in [6.07, 6.45) is 0.854. The van der Waals surface area contributed by atoms with Gasteiger partial charge in [0.05, 0.1) is 13.2 Å². The maximum atomic E-state index is 12.1. The van der Waals surface area contributed by atoms with Gasteiger partial charge < -0.3 is 20.1 Å². The summed E-state index contributed by atoms with van der Waals surface area (Å²) >= 11 is 0. The van der Waals surface area contributed by atoms with Gasteiger partial charge in [0, 0.05) is 30.9 Å². The quantitative estimate of drug-likeness (QED) is 0.887. The lowest BCUT2D eigenvalue weighted by atomic mass is 10.1. The van der Waals surface area contributed by atoms with Crippen LogP contribution in [0.1, 0.15) is 12.0 Å². The molecule has 1 saturated heterocycles. The molecule has 24 heavy (non-hydrogen) atoms. The lowest BCUT2D eigenvalue weighted by Gasteiger charge is -2.28. The van der Waals surface area contributed by atoms with Crippen LogP contribution < -0.4 is 10.2 Å². The molecule has 0 spiro atoms. The number of morpholine rings is 1. The zero-order chi connectivity index (χ0) is 16.8. The number of nitrogens with zero attached hydrogens (tertiary/aromatic N) is 1. The van der Waals surface area contributed by atoms with Gasteiger partial charge in [-0.1, -0.05) is 18.2 Å². The van der Waals surface area contributed by atoms with E-state index in [1.165, 1.54) is 0 Å². The summed E-state index contributed by atoms with van der Waals surface area (Å²) in [6.45, 7) is 3.30. The maximum Gasteiger partial charge on any atom is 0.224 e. The Hall–Kier alpha value is -2.53. The highest BCUT2D eigenvalue weighted by Gasteiger charge is 2.11. The molecule has 0 atom stereocenters. The molecular weight excluding hydrogens is 304 g/mol. The Kier molecular flexibility index (Phi) is 5.33. The van der Waals surface area contributed by atoms with Gasteiger partial charge in [-0.2, -0.15) is 0 Å². The zero-order valence-electron chi connectivity index (χ0n) is 13.6. The standard InChI is InChI=1S/C19H22N2O3/c22-18-4-2-1-3-15(18)5-10-19(23)20-16-6-8-17(9-7-16)21-11-13-24-14-12-21/h1-4,6-9,22H,5,10-14H2,(H,20,23). The fourth-order valence-electron chi connectivity index (χ4n) is 2.77. The van der Waals surface area contributed by atoms with Crippen molar-refractivity contribution in [2.24, 2.45) is 0 Å². The molecule has 3 rings (SSSR count). The predicted molar refractivity (Wildman–Crippen MR) is 94.5 cm³/mol. The summed E-state index contributed by atoms with van der Waals surface area (Å²) in [6, 6.07) is 15.0. The summed E-state index contributed by atoms with van der Waals surface area (Å²) in [5.41, 5.74) is 2.72. The average Bonchev–Trinajstić information content (AvgIpc) is 2.62. The van der Waals surface area contributed by atoms with Crippen molar-refractivity contribution in [3.63, 3.8) is 0 Å². The number of amides is 1. The largest absolute Gasteiger partial charge is 0.508 e. The van der Waals surface area contributed by atoms with Crippen molar-refractivity contribution in [2.45, 2.75) is 12.8 Å². The van der Waals surface area contributed by atoms with Crippen LogP contribution in [0.15, 0.2) is 48.5 Å². The van der Waals surface area contributed by atoms with E-state index in [2.05, 4.69) is 10.2 Å². The molecule has 0 saturated carbocycles. The molecule has 2 N–H and O–H groups in total. The van der Waals surface area contributed by atoms with Crippen LogP contribution in [0, 0.1) is 0 Å². The number of nitrogens with one attached hydrogen (secondary N) is 1. The van der Waals surface area contributed by atoms with Crippen molar-refractivity contribution in [2.75, 3.05) is 36.5 Å². The number of para-hydroxylation sites is 1. The number of hydrogen-bond donors (Lipinski definition) is 2. The van der Waals surface area contributed by atoms with E-state index >= 15 is 0 Å². The minimum Gasteiger partial charge on any atom is -0.508 e. The molecule has 0 aliphatic carbocycles. The maximum absolute atomic E-state index is 12.1. The van der Waals surface area contributed by atoms with Crippen molar-refractivity contribution < 1.29 is 14.6 Å². The Morgan fingerprint density at radius 2 is 1.79 bits per heavy atom. The van der Waals surface area contributed by atoms with Crippen LogP contribution in [0.2, 0.25) is 0 Å². The van der Waals surface area contributed by atoms with E-state index in [4.69, 9.17) is 4.74 Å². The van der Waals surface area contributed by atoms with Gasteiger partial charge >= 0.3 is 0 Å². The van der Waals surface area contributed by atoms with Gasteiger partial charge in [-0.3, -0.25) is 4.79 Å². The van der Waals surface area contributed by atoms with Crippen LogP contribution >= 0.6 is 0 Å². The molecule has 0 radical (unpaired) electrons. The summed E-state index contributed by atoms with van der Waals surface area (Å²) < 4.78 is 5.35. The number of anilines is 2. The highest BCUT2D eigenvalue weighted by Crippen LogP contribution is 2.20. The Labute approximate surface area is 141 Å². The number of carbonyl (C=O) groups is 1. The molecule has 2 aromatic rings. The summed E-state index contributed by atoms with van der Waals surface area (Å²) in [7, 11) is 0. The summed E-state index contributed by atoms with van der Waals surface area (Å²) in [4.78, 5) is 14.3. The van der Waals surface area contributed by atoms with E-state index in [1.807, 2.05) is 36.4 Å². The summed E-state index contributed by atoms with van der Waals surface area (Å²) in [5, 5.41) is 12.6. The fraction of sp³-hybridized carbons (Fsp3) is 0.316. The van der Waals surface area contributed by atoms with E-state index in [0.29, 0.717) is 12.8 Å². The van der Waals surface area contributed by atoms with Crippen LogP contribution in [0.25, 0.3) is 0 Å². The zero-order valence-corrected chi connectivity index (χ0v) is 13.6. The normalized spacial score (nSPS) is 14.4. The first-order valence-corrected chi connectivity index (χ1v) is 8.22. The number of ether oxygens (including phenoxy) is 1. The van der Waals surface area contributed by atoms with E-state index in [1.54, 1.807) is 12.1 Å². The highest BCUT2D eigenvalue weighted by molar-refractivity contribution is 5.91. The molecular formula is C19H22N2O3. The van der Waals surface area contributed by atoms with Crippen LogP contribution in [0.3, 0.4) is 0 Å². The highest BCUT2D eigenvalue weighted by atomic mass is 16.5. The van der Waals surface area contributed by atoms with Crippen molar-refractivity contribution in [1.82, 2.24) is 0 Å². The number of rotatable bonds is 5. The van der Waals surface area contributed by atoms with E-state index in [-0.39, 0.29) is 11.7 Å². The minimum absolute atomic E-state index is 0.0580. The number of carbonyl (C=O) groups excluding carboxylic acids is 1. The third-order valence-corrected chi connectivity index (χ3v) is 4.14. The van der Waals surface area contributed by atoms with Crippen LogP contribution in [0.4, 0.5) is 11.4 Å². The molecule has 1 aliphatic heterocycles. The Bertz CT molecular complexity index is 679. The molecule has 1 heterocycles. The van der Waals surface area contributed by atoms with E-state index in [0.717, 1.165) is 43.2 Å². The molecule has 1 aliphatic rings.